The number of imidazole rings is 1. The van der Waals surface area contributed by atoms with Gasteiger partial charge in [-0.05, 0) is 36.4 Å². The van der Waals surface area contributed by atoms with E-state index in [1.54, 1.807) is 12.1 Å². The maximum absolute atomic E-state index is 10.9. The third-order valence-corrected chi connectivity index (χ3v) is 4.44. The minimum atomic E-state index is -0.892. The lowest BCUT2D eigenvalue weighted by atomic mass is 10.2. The molecule has 0 atom stereocenters. The first-order valence-electron chi connectivity index (χ1n) is 7.99. The Morgan fingerprint density at radius 3 is 2.29 bits per heavy atom. The van der Waals surface area contributed by atoms with Crippen molar-refractivity contribution in [2.45, 2.75) is 0 Å². The zero-order chi connectivity index (χ0) is 16.5. The van der Waals surface area contributed by atoms with Crippen LogP contribution in [0.5, 0.6) is 0 Å². The number of rotatable bonds is 3. The number of nitrogens with zero attached hydrogens (tertiary/aromatic N) is 3. The summed E-state index contributed by atoms with van der Waals surface area (Å²) in [6.07, 6.45) is 0. The van der Waals surface area contributed by atoms with Gasteiger partial charge in [-0.15, -0.1) is 0 Å². The summed E-state index contributed by atoms with van der Waals surface area (Å²) in [6, 6.07) is 15.1. The third-order valence-electron chi connectivity index (χ3n) is 4.44. The van der Waals surface area contributed by atoms with Crippen molar-refractivity contribution in [3.63, 3.8) is 0 Å². The molecule has 122 valence electrons. The number of anilines is 2. The molecule has 0 aliphatic carbocycles. The van der Waals surface area contributed by atoms with Crippen molar-refractivity contribution < 1.29 is 9.90 Å². The first-order valence-corrected chi connectivity index (χ1v) is 7.99. The molecule has 0 spiro atoms. The van der Waals surface area contributed by atoms with Crippen molar-refractivity contribution in [3.05, 3.63) is 54.1 Å². The van der Waals surface area contributed by atoms with Crippen molar-refractivity contribution in [3.8, 4) is 0 Å². The number of carbonyl (C=O) groups is 1. The quantitative estimate of drug-likeness (QED) is 0.775. The van der Waals surface area contributed by atoms with Gasteiger partial charge < -0.3 is 19.9 Å². The molecule has 6 heteroatoms. The van der Waals surface area contributed by atoms with Crippen LogP contribution in [0, 0.1) is 0 Å². The molecular weight excluding hydrogens is 304 g/mol. The molecule has 0 radical (unpaired) electrons. The van der Waals surface area contributed by atoms with Crippen LogP contribution >= 0.6 is 0 Å². The average molecular weight is 322 g/mol. The second-order valence-electron chi connectivity index (χ2n) is 5.90. The number of nitrogens with one attached hydrogen (secondary N) is 1. The molecule has 0 bridgehead atoms. The number of H-pyrrole nitrogens is 1. The van der Waals surface area contributed by atoms with Crippen molar-refractivity contribution in [1.29, 1.82) is 0 Å². The summed E-state index contributed by atoms with van der Waals surface area (Å²) in [5, 5.41) is 8.98. The van der Waals surface area contributed by atoms with Gasteiger partial charge in [-0.25, -0.2) is 9.78 Å². The Kier molecular flexibility index (Phi) is 3.57. The number of carboxylic acid groups (broad SMARTS) is 1. The maximum atomic E-state index is 10.9. The number of benzene rings is 2. The van der Waals surface area contributed by atoms with Gasteiger partial charge >= 0.3 is 5.97 Å². The van der Waals surface area contributed by atoms with Gasteiger partial charge in [0, 0.05) is 31.9 Å². The van der Waals surface area contributed by atoms with E-state index in [-0.39, 0.29) is 0 Å². The van der Waals surface area contributed by atoms with E-state index in [1.807, 2.05) is 36.4 Å². The molecule has 0 amide bonds. The molecule has 24 heavy (non-hydrogen) atoms. The predicted octanol–water partition coefficient (Wildman–Crippen LogP) is 2.59. The molecule has 1 aliphatic rings. The van der Waals surface area contributed by atoms with Crippen LogP contribution in [0.4, 0.5) is 11.6 Å². The SMILES string of the molecule is O=C(O)c1ccc(N2CCN(c3nc4ccccc4[nH]3)CC2)cc1. The summed E-state index contributed by atoms with van der Waals surface area (Å²) in [4.78, 5) is 23.5. The zero-order valence-electron chi connectivity index (χ0n) is 13.1. The monoisotopic (exact) mass is 322 g/mol. The predicted molar refractivity (Wildman–Crippen MR) is 93.9 cm³/mol. The highest BCUT2D eigenvalue weighted by Crippen LogP contribution is 2.21. The Balaban J connectivity index is 1.45. The molecule has 6 nitrogen and oxygen atoms in total. The van der Waals surface area contributed by atoms with Crippen LogP contribution in [0.1, 0.15) is 10.4 Å². The number of para-hydroxylation sites is 2. The largest absolute Gasteiger partial charge is 0.478 e. The number of piperazine rings is 1. The second-order valence-corrected chi connectivity index (χ2v) is 5.90. The summed E-state index contributed by atoms with van der Waals surface area (Å²) < 4.78 is 0. The van der Waals surface area contributed by atoms with E-state index in [4.69, 9.17) is 5.11 Å². The van der Waals surface area contributed by atoms with E-state index in [2.05, 4.69) is 19.8 Å². The highest BCUT2D eigenvalue weighted by Gasteiger charge is 2.20. The van der Waals surface area contributed by atoms with Gasteiger partial charge in [0.1, 0.15) is 0 Å². The van der Waals surface area contributed by atoms with Crippen LogP contribution in [0.3, 0.4) is 0 Å². The molecule has 4 rings (SSSR count). The molecule has 1 fully saturated rings. The smallest absolute Gasteiger partial charge is 0.335 e. The maximum Gasteiger partial charge on any atom is 0.335 e. The van der Waals surface area contributed by atoms with Gasteiger partial charge in [-0.3, -0.25) is 0 Å². The third kappa shape index (κ3) is 2.67. The van der Waals surface area contributed by atoms with Crippen molar-refractivity contribution in [2.24, 2.45) is 0 Å². The molecule has 0 saturated carbocycles. The highest BCUT2D eigenvalue weighted by atomic mass is 16.4. The van der Waals surface area contributed by atoms with Crippen LogP contribution in [0.15, 0.2) is 48.5 Å². The molecule has 1 aromatic heterocycles. The first-order chi connectivity index (χ1) is 11.7. The zero-order valence-corrected chi connectivity index (χ0v) is 13.1. The summed E-state index contributed by atoms with van der Waals surface area (Å²) in [5.41, 5.74) is 3.42. The summed E-state index contributed by atoms with van der Waals surface area (Å²) >= 11 is 0. The van der Waals surface area contributed by atoms with Crippen LogP contribution in [-0.4, -0.2) is 47.2 Å². The van der Waals surface area contributed by atoms with Crippen molar-refractivity contribution in [1.82, 2.24) is 9.97 Å². The molecule has 2 aromatic carbocycles. The summed E-state index contributed by atoms with van der Waals surface area (Å²) in [5.74, 6) is 0.0216. The van der Waals surface area contributed by atoms with Crippen LogP contribution < -0.4 is 9.80 Å². The Bertz CT molecular complexity index is 831. The molecule has 2 N–H and O–H groups in total. The van der Waals surface area contributed by atoms with E-state index in [1.165, 1.54) is 0 Å². The summed E-state index contributed by atoms with van der Waals surface area (Å²) in [7, 11) is 0. The Morgan fingerprint density at radius 2 is 1.62 bits per heavy atom. The number of carboxylic acids is 1. The average Bonchev–Trinajstić information content (AvgIpc) is 3.06. The Hall–Kier alpha value is -3.02. The van der Waals surface area contributed by atoms with Gasteiger partial charge in [0.2, 0.25) is 5.95 Å². The van der Waals surface area contributed by atoms with Crippen molar-refractivity contribution >= 4 is 28.6 Å². The first kappa shape index (κ1) is 14.6. The van der Waals surface area contributed by atoms with Crippen molar-refractivity contribution in [2.75, 3.05) is 36.0 Å². The Morgan fingerprint density at radius 1 is 0.958 bits per heavy atom. The van der Waals surface area contributed by atoms with Gasteiger partial charge in [0.25, 0.3) is 0 Å². The van der Waals surface area contributed by atoms with E-state index in [0.29, 0.717) is 5.56 Å². The topological polar surface area (TPSA) is 72.5 Å². The number of aromatic amines is 1. The van der Waals surface area contributed by atoms with Gasteiger partial charge in [-0.2, -0.15) is 0 Å². The fraction of sp³-hybridized carbons (Fsp3) is 0.222. The molecule has 1 aliphatic heterocycles. The number of aromatic carboxylic acids is 1. The number of hydrogen-bond acceptors (Lipinski definition) is 4. The fourth-order valence-corrected chi connectivity index (χ4v) is 3.08. The minimum absolute atomic E-state index is 0.319. The van der Waals surface area contributed by atoms with Crippen LogP contribution in [0.25, 0.3) is 11.0 Å². The lowest BCUT2D eigenvalue weighted by molar-refractivity contribution is 0.0697. The minimum Gasteiger partial charge on any atom is -0.478 e. The molecule has 1 saturated heterocycles. The van der Waals surface area contributed by atoms with Crippen LogP contribution in [0.2, 0.25) is 0 Å². The molecular formula is C18H18N4O2. The van der Waals surface area contributed by atoms with Gasteiger partial charge in [0.05, 0.1) is 16.6 Å². The van der Waals surface area contributed by atoms with E-state index < -0.39 is 5.97 Å². The van der Waals surface area contributed by atoms with Crippen LogP contribution in [-0.2, 0) is 0 Å². The number of hydrogen-bond donors (Lipinski definition) is 2. The normalized spacial score (nSPS) is 15.0. The fourth-order valence-electron chi connectivity index (χ4n) is 3.08. The lowest BCUT2D eigenvalue weighted by Gasteiger charge is -2.36. The van der Waals surface area contributed by atoms with E-state index in [0.717, 1.165) is 48.8 Å². The molecule has 2 heterocycles. The van der Waals surface area contributed by atoms with E-state index in [9.17, 15) is 4.79 Å². The summed E-state index contributed by atoms with van der Waals surface area (Å²) in [6.45, 7) is 3.51. The Labute approximate surface area is 139 Å². The van der Waals surface area contributed by atoms with Gasteiger partial charge in [0.15, 0.2) is 0 Å². The lowest BCUT2D eigenvalue weighted by Crippen LogP contribution is -2.46. The second kappa shape index (κ2) is 5.88. The number of aromatic nitrogens is 2. The molecule has 0 unspecified atom stereocenters. The molecule has 3 aromatic rings. The van der Waals surface area contributed by atoms with Gasteiger partial charge in [-0.1, -0.05) is 12.1 Å². The standard InChI is InChI=1S/C18H18N4O2/c23-17(24)13-5-7-14(8-6-13)21-9-11-22(12-10-21)18-19-15-3-1-2-4-16(15)20-18/h1-8H,9-12H2,(H,19,20)(H,23,24). The highest BCUT2D eigenvalue weighted by molar-refractivity contribution is 5.88. The number of fused-ring (bicyclic) bond motifs is 1. The van der Waals surface area contributed by atoms with E-state index >= 15 is 0 Å².